The first kappa shape index (κ1) is 15.3. The predicted octanol–water partition coefficient (Wildman–Crippen LogP) is 2.80. The van der Waals surface area contributed by atoms with Crippen LogP contribution >= 0.6 is 0 Å². The summed E-state index contributed by atoms with van der Waals surface area (Å²) in [7, 11) is 0. The second-order valence-corrected chi connectivity index (χ2v) is 5.31. The zero-order valence-electron chi connectivity index (χ0n) is 12.5. The van der Waals surface area contributed by atoms with E-state index >= 15 is 0 Å². The van der Waals surface area contributed by atoms with Gasteiger partial charge in [0.1, 0.15) is 0 Å². The molecule has 1 aromatic carbocycles. The van der Waals surface area contributed by atoms with Crippen molar-refractivity contribution in [3.63, 3.8) is 0 Å². The van der Waals surface area contributed by atoms with Gasteiger partial charge in [0.25, 0.3) is 0 Å². The summed E-state index contributed by atoms with van der Waals surface area (Å²) in [6.45, 7) is 8.54. The van der Waals surface area contributed by atoms with Gasteiger partial charge in [-0.25, -0.2) is 4.39 Å². The minimum absolute atomic E-state index is 0.259. The van der Waals surface area contributed by atoms with E-state index in [4.69, 9.17) is 4.74 Å². The van der Waals surface area contributed by atoms with E-state index in [1.807, 2.05) is 13.0 Å². The van der Waals surface area contributed by atoms with Crippen molar-refractivity contribution < 1.29 is 9.13 Å². The zero-order chi connectivity index (χ0) is 14.4. The van der Waals surface area contributed by atoms with Crippen LogP contribution in [0.25, 0.3) is 0 Å². The third-order valence-electron chi connectivity index (χ3n) is 3.74. The standard InChI is InChI=1S/C16H25FN2O/c1-3-9-19(14-7-8-18-11-14)12-13-5-6-16(20-4-2)15(17)10-13/h5-6,10,14,18H,3-4,7-9,11-12H2,1-2H3. The summed E-state index contributed by atoms with van der Waals surface area (Å²) in [5.41, 5.74) is 1.02. The topological polar surface area (TPSA) is 24.5 Å². The van der Waals surface area contributed by atoms with Crippen molar-refractivity contribution in [1.82, 2.24) is 10.2 Å². The molecule has 0 saturated carbocycles. The Morgan fingerprint density at radius 1 is 1.40 bits per heavy atom. The SMILES string of the molecule is CCCN(Cc1ccc(OCC)c(F)c1)C1CCNC1. The highest BCUT2D eigenvalue weighted by Crippen LogP contribution is 2.21. The molecule has 3 nitrogen and oxygen atoms in total. The first-order valence-corrected chi connectivity index (χ1v) is 7.60. The van der Waals surface area contributed by atoms with Crippen LogP contribution in [0.5, 0.6) is 5.75 Å². The molecule has 1 N–H and O–H groups in total. The second-order valence-electron chi connectivity index (χ2n) is 5.31. The van der Waals surface area contributed by atoms with E-state index < -0.39 is 0 Å². The van der Waals surface area contributed by atoms with Gasteiger partial charge in [-0.3, -0.25) is 4.90 Å². The molecule has 1 aliphatic rings. The number of hydrogen-bond acceptors (Lipinski definition) is 3. The van der Waals surface area contributed by atoms with Crippen LogP contribution in [0.2, 0.25) is 0 Å². The maximum atomic E-state index is 13.9. The molecule has 1 aromatic rings. The van der Waals surface area contributed by atoms with E-state index in [-0.39, 0.29) is 5.82 Å². The van der Waals surface area contributed by atoms with Crippen LogP contribution < -0.4 is 10.1 Å². The van der Waals surface area contributed by atoms with Crippen LogP contribution in [0.4, 0.5) is 4.39 Å². The van der Waals surface area contributed by atoms with Crippen LogP contribution in [0, 0.1) is 5.82 Å². The average Bonchev–Trinajstić information content (AvgIpc) is 2.95. The third-order valence-corrected chi connectivity index (χ3v) is 3.74. The summed E-state index contributed by atoms with van der Waals surface area (Å²) >= 11 is 0. The normalized spacial score (nSPS) is 18.7. The summed E-state index contributed by atoms with van der Waals surface area (Å²) in [5.74, 6) is 0.0890. The summed E-state index contributed by atoms with van der Waals surface area (Å²) in [4.78, 5) is 2.45. The maximum Gasteiger partial charge on any atom is 0.165 e. The van der Waals surface area contributed by atoms with Gasteiger partial charge < -0.3 is 10.1 Å². The molecule has 0 bridgehead atoms. The number of halogens is 1. The molecule has 0 amide bonds. The molecule has 112 valence electrons. The van der Waals surface area contributed by atoms with Crippen molar-refractivity contribution in [3.05, 3.63) is 29.6 Å². The Balaban J connectivity index is 2.03. The molecule has 1 unspecified atom stereocenters. The Kier molecular flexibility index (Phi) is 5.80. The van der Waals surface area contributed by atoms with E-state index in [1.54, 1.807) is 12.1 Å². The first-order valence-electron chi connectivity index (χ1n) is 7.60. The van der Waals surface area contributed by atoms with Crippen molar-refractivity contribution >= 4 is 0 Å². The van der Waals surface area contributed by atoms with Crippen LogP contribution in [0.3, 0.4) is 0 Å². The number of hydrogen-bond donors (Lipinski definition) is 1. The Hall–Kier alpha value is -1.13. The van der Waals surface area contributed by atoms with E-state index in [1.165, 1.54) is 6.42 Å². The lowest BCUT2D eigenvalue weighted by atomic mass is 10.1. The lowest BCUT2D eigenvalue weighted by Gasteiger charge is -2.28. The maximum absolute atomic E-state index is 13.9. The van der Waals surface area contributed by atoms with Crippen molar-refractivity contribution in [1.29, 1.82) is 0 Å². The van der Waals surface area contributed by atoms with E-state index in [2.05, 4.69) is 17.1 Å². The highest BCUT2D eigenvalue weighted by Gasteiger charge is 2.21. The number of rotatable bonds is 7. The summed E-state index contributed by atoms with van der Waals surface area (Å²) in [6, 6.07) is 5.89. The van der Waals surface area contributed by atoms with Crippen LogP contribution in [-0.2, 0) is 6.54 Å². The number of ether oxygens (including phenoxy) is 1. The largest absolute Gasteiger partial charge is 0.491 e. The fourth-order valence-electron chi connectivity index (χ4n) is 2.78. The van der Waals surface area contributed by atoms with Gasteiger partial charge in [-0.2, -0.15) is 0 Å². The second kappa shape index (κ2) is 7.60. The zero-order valence-corrected chi connectivity index (χ0v) is 12.5. The summed E-state index contributed by atoms with van der Waals surface area (Å²) in [5, 5.41) is 3.40. The van der Waals surface area contributed by atoms with Crippen molar-refractivity contribution in [2.45, 2.75) is 39.3 Å². The first-order chi connectivity index (χ1) is 9.74. The molecule has 1 fully saturated rings. The summed E-state index contributed by atoms with van der Waals surface area (Å²) < 4.78 is 19.1. The van der Waals surface area contributed by atoms with Crippen LogP contribution in [0.1, 0.15) is 32.3 Å². The molecule has 1 heterocycles. The lowest BCUT2D eigenvalue weighted by molar-refractivity contribution is 0.199. The molecule has 2 rings (SSSR count). The Bertz CT molecular complexity index is 419. The van der Waals surface area contributed by atoms with Gasteiger partial charge in [-0.05, 0) is 50.6 Å². The van der Waals surface area contributed by atoms with Crippen LogP contribution in [0.15, 0.2) is 18.2 Å². The van der Waals surface area contributed by atoms with E-state index in [0.29, 0.717) is 18.4 Å². The average molecular weight is 280 g/mol. The minimum atomic E-state index is -0.259. The van der Waals surface area contributed by atoms with Crippen LogP contribution in [-0.4, -0.2) is 37.2 Å². The number of nitrogens with zero attached hydrogens (tertiary/aromatic N) is 1. The molecule has 4 heteroatoms. The molecule has 0 aliphatic carbocycles. The third kappa shape index (κ3) is 3.93. The summed E-state index contributed by atoms with van der Waals surface area (Å²) in [6.07, 6.45) is 2.30. The fraction of sp³-hybridized carbons (Fsp3) is 0.625. The predicted molar refractivity (Wildman–Crippen MR) is 79.5 cm³/mol. The Morgan fingerprint density at radius 3 is 2.85 bits per heavy atom. The van der Waals surface area contributed by atoms with Gasteiger partial charge in [0.05, 0.1) is 6.61 Å². The molecular weight excluding hydrogens is 255 g/mol. The van der Waals surface area contributed by atoms with Gasteiger partial charge in [0, 0.05) is 19.1 Å². The molecule has 1 aliphatic heterocycles. The lowest BCUT2D eigenvalue weighted by Crippen LogP contribution is -2.36. The number of nitrogens with one attached hydrogen (secondary N) is 1. The highest BCUT2D eigenvalue weighted by molar-refractivity contribution is 5.29. The van der Waals surface area contributed by atoms with Gasteiger partial charge in [-0.1, -0.05) is 13.0 Å². The Morgan fingerprint density at radius 2 is 2.25 bits per heavy atom. The van der Waals surface area contributed by atoms with Crippen molar-refractivity contribution in [2.75, 3.05) is 26.2 Å². The minimum Gasteiger partial charge on any atom is -0.491 e. The van der Waals surface area contributed by atoms with Crippen molar-refractivity contribution in [2.24, 2.45) is 0 Å². The molecule has 20 heavy (non-hydrogen) atoms. The van der Waals surface area contributed by atoms with E-state index in [0.717, 1.165) is 38.2 Å². The van der Waals surface area contributed by atoms with Gasteiger partial charge in [-0.15, -0.1) is 0 Å². The quantitative estimate of drug-likeness (QED) is 0.831. The monoisotopic (exact) mass is 280 g/mol. The van der Waals surface area contributed by atoms with Crippen molar-refractivity contribution in [3.8, 4) is 5.75 Å². The molecule has 0 radical (unpaired) electrons. The fourth-order valence-corrected chi connectivity index (χ4v) is 2.78. The van der Waals surface area contributed by atoms with Gasteiger partial charge >= 0.3 is 0 Å². The van der Waals surface area contributed by atoms with Gasteiger partial charge in [0.15, 0.2) is 11.6 Å². The molecule has 1 atom stereocenters. The van der Waals surface area contributed by atoms with E-state index in [9.17, 15) is 4.39 Å². The highest BCUT2D eigenvalue weighted by atomic mass is 19.1. The molecule has 1 saturated heterocycles. The molecular formula is C16H25FN2O. The van der Waals surface area contributed by atoms with Gasteiger partial charge in [0.2, 0.25) is 0 Å². The smallest absolute Gasteiger partial charge is 0.165 e. The Labute approximate surface area is 121 Å². The number of benzene rings is 1. The molecule has 0 spiro atoms. The molecule has 0 aromatic heterocycles.